The molecule has 0 amide bonds. The van der Waals surface area contributed by atoms with Crippen molar-refractivity contribution in [2.24, 2.45) is 0 Å². The number of carbonyl (C=O) groups is 1. The van der Waals surface area contributed by atoms with E-state index in [4.69, 9.17) is 17.3 Å². The number of carbonyl (C=O) groups excluding carboxylic acids is 1. The Morgan fingerprint density at radius 1 is 1.14 bits per heavy atom. The summed E-state index contributed by atoms with van der Waals surface area (Å²) in [5.74, 6) is -0.316. The third-order valence-corrected chi connectivity index (χ3v) is 3.64. The molecule has 0 atom stereocenters. The van der Waals surface area contributed by atoms with Crippen molar-refractivity contribution in [1.82, 2.24) is 0 Å². The molecule has 5 nitrogen and oxygen atoms in total. The average Bonchev–Trinajstić information content (AvgIpc) is 2.37. The lowest BCUT2D eigenvalue weighted by Gasteiger charge is -2.08. The molecule has 0 aromatic heterocycles. The van der Waals surface area contributed by atoms with Crippen LogP contribution in [0.1, 0.15) is 15.9 Å². The lowest BCUT2D eigenvalue weighted by atomic mass is 10.0. The topological polar surface area (TPSA) is 89.3 Å². The third kappa shape index (κ3) is 3.74. The number of anilines is 2. The number of ketones is 1. The van der Waals surface area contributed by atoms with Crippen LogP contribution in [0.5, 0.6) is 0 Å². The van der Waals surface area contributed by atoms with Crippen molar-refractivity contribution in [3.8, 4) is 0 Å². The van der Waals surface area contributed by atoms with Gasteiger partial charge in [0, 0.05) is 16.9 Å². The highest BCUT2D eigenvalue weighted by molar-refractivity contribution is 7.92. The van der Waals surface area contributed by atoms with Crippen LogP contribution in [0.3, 0.4) is 0 Å². The molecule has 0 saturated heterocycles. The molecule has 2 aromatic rings. The first-order valence-electron chi connectivity index (χ1n) is 5.94. The minimum absolute atomic E-state index is 0.239. The number of halogens is 1. The highest BCUT2D eigenvalue weighted by Gasteiger charge is 2.16. The van der Waals surface area contributed by atoms with Gasteiger partial charge in [-0.3, -0.25) is 9.52 Å². The van der Waals surface area contributed by atoms with Crippen molar-refractivity contribution in [2.75, 3.05) is 16.7 Å². The van der Waals surface area contributed by atoms with Gasteiger partial charge in [0.25, 0.3) is 0 Å². The second kappa shape index (κ2) is 5.75. The van der Waals surface area contributed by atoms with E-state index in [0.29, 0.717) is 16.9 Å². The fraction of sp³-hybridized carbons (Fsp3) is 0.0714. The van der Waals surface area contributed by atoms with E-state index < -0.39 is 10.0 Å². The van der Waals surface area contributed by atoms with Crippen LogP contribution < -0.4 is 10.5 Å². The van der Waals surface area contributed by atoms with Crippen LogP contribution >= 0.6 is 11.6 Å². The number of benzene rings is 2. The van der Waals surface area contributed by atoms with Crippen LogP contribution in [0.2, 0.25) is 5.02 Å². The van der Waals surface area contributed by atoms with Gasteiger partial charge in [-0.1, -0.05) is 17.7 Å². The number of hydrogen-bond acceptors (Lipinski definition) is 4. The minimum Gasteiger partial charge on any atom is -0.398 e. The summed E-state index contributed by atoms with van der Waals surface area (Å²) in [5.41, 5.74) is 7.06. The molecule has 110 valence electrons. The molecule has 0 radical (unpaired) electrons. The summed E-state index contributed by atoms with van der Waals surface area (Å²) in [6, 6.07) is 10.9. The molecule has 0 saturated carbocycles. The predicted molar refractivity (Wildman–Crippen MR) is 84.2 cm³/mol. The largest absolute Gasteiger partial charge is 0.398 e. The van der Waals surface area contributed by atoms with Crippen LogP contribution in [-0.4, -0.2) is 20.5 Å². The molecule has 0 spiro atoms. The minimum atomic E-state index is -3.35. The molecule has 0 aliphatic rings. The first-order chi connectivity index (χ1) is 9.78. The summed E-state index contributed by atoms with van der Waals surface area (Å²) >= 11 is 6.00. The van der Waals surface area contributed by atoms with Crippen molar-refractivity contribution in [3.63, 3.8) is 0 Å². The molecular formula is C14H13ClN2O3S. The molecule has 2 rings (SSSR count). The van der Waals surface area contributed by atoms with Crippen LogP contribution in [0.25, 0.3) is 0 Å². The van der Waals surface area contributed by atoms with Crippen LogP contribution in [0.15, 0.2) is 42.5 Å². The predicted octanol–water partition coefficient (Wildman–Crippen LogP) is 2.52. The van der Waals surface area contributed by atoms with Crippen molar-refractivity contribution in [1.29, 1.82) is 0 Å². The van der Waals surface area contributed by atoms with Crippen LogP contribution in [0, 0.1) is 0 Å². The molecule has 21 heavy (non-hydrogen) atoms. The van der Waals surface area contributed by atoms with E-state index in [-0.39, 0.29) is 16.4 Å². The molecule has 2 aromatic carbocycles. The Labute approximate surface area is 127 Å². The summed E-state index contributed by atoms with van der Waals surface area (Å²) in [5, 5.41) is 0.276. The SMILES string of the molecule is CS(=O)(=O)Nc1ccc(C(=O)c2c(N)cccc2Cl)cc1. The van der Waals surface area contributed by atoms with Gasteiger partial charge in [-0.05, 0) is 36.4 Å². The zero-order chi connectivity index (χ0) is 15.6. The molecule has 0 heterocycles. The quantitative estimate of drug-likeness (QED) is 0.668. The van der Waals surface area contributed by atoms with Gasteiger partial charge in [-0.15, -0.1) is 0 Å². The summed E-state index contributed by atoms with van der Waals surface area (Å²) < 4.78 is 24.6. The fourth-order valence-electron chi connectivity index (χ4n) is 1.83. The first-order valence-corrected chi connectivity index (χ1v) is 8.21. The Hall–Kier alpha value is -2.05. The maximum absolute atomic E-state index is 12.4. The number of nitrogens with one attached hydrogen (secondary N) is 1. The van der Waals surface area contributed by atoms with Gasteiger partial charge in [0.15, 0.2) is 5.78 Å². The average molecular weight is 325 g/mol. The molecule has 3 N–H and O–H groups in total. The molecule has 0 bridgehead atoms. The highest BCUT2D eigenvalue weighted by Crippen LogP contribution is 2.25. The standard InChI is InChI=1S/C14H13ClN2O3S/c1-21(19,20)17-10-7-5-9(6-8-10)14(18)13-11(15)3-2-4-12(13)16/h2-8,17H,16H2,1H3. The zero-order valence-corrected chi connectivity index (χ0v) is 12.7. The Morgan fingerprint density at radius 3 is 2.29 bits per heavy atom. The van der Waals surface area contributed by atoms with E-state index in [9.17, 15) is 13.2 Å². The van der Waals surface area contributed by atoms with E-state index >= 15 is 0 Å². The van der Waals surface area contributed by atoms with Crippen molar-refractivity contribution in [3.05, 3.63) is 58.6 Å². The molecule has 0 aliphatic heterocycles. The molecular weight excluding hydrogens is 312 g/mol. The maximum atomic E-state index is 12.4. The monoisotopic (exact) mass is 324 g/mol. The number of nitrogen functional groups attached to an aromatic ring is 1. The van der Waals surface area contributed by atoms with Crippen molar-refractivity contribution >= 4 is 38.8 Å². The fourth-order valence-corrected chi connectivity index (χ4v) is 2.66. The van der Waals surface area contributed by atoms with E-state index in [1.54, 1.807) is 18.2 Å². The lowest BCUT2D eigenvalue weighted by molar-refractivity contribution is 0.103. The third-order valence-electron chi connectivity index (χ3n) is 2.72. The smallest absolute Gasteiger partial charge is 0.229 e. The Morgan fingerprint density at radius 2 is 1.76 bits per heavy atom. The number of sulfonamides is 1. The van der Waals surface area contributed by atoms with Gasteiger partial charge in [0.05, 0.1) is 16.8 Å². The van der Waals surface area contributed by atoms with Crippen LogP contribution in [0.4, 0.5) is 11.4 Å². The van der Waals surface area contributed by atoms with Gasteiger partial charge in [-0.2, -0.15) is 0 Å². The van der Waals surface area contributed by atoms with E-state index in [0.717, 1.165) is 6.26 Å². The summed E-state index contributed by atoms with van der Waals surface area (Å²) in [6.07, 6.45) is 1.05. The van der Waals surface area contributed by atoms with E-state index in [1.165, 1.54) is 24.3 Å². The highest BCUT2D eigenvalue weighted by atomic mass is 35.5. The Bertz CT molecular complexity index is 766. The molecule has 0 unspecified atom stereocenters. The number of nitrogens with two attached hydrogens (primary N) is 1. The van der Waals surface area contributed by atoms with Crippen molar-refractivity contribution in [2.45, 2.75) is 0 Å². The summed E-state index contributed by atoms with van der Waals surface area (Å²) in [6.45, 7) is 0. The second-order valence-corrected chi connectivity index (χ2v) is 6.64. The van der Waals surface area contributed by atoms with Gasteiger partial charge >= 0.3 is 0 Å². The molecule has 0 aliphatic carbocycles. The second-order valence-electron chi connectivity index (χ2n) is 4.48. The molecule has 0 fully saturated rings. The molecule has 7 heteroatoms. The Balaban J connectivity index is 2.33. The number of rotatable bonds is 4. The number of hydrogen-bond donors (Lipinski definition) is 2. The van der Waals surface area contributed by atoms with Crippen molar-refractivity contribution < 1.29 is 13.2 Å². The first kappa shape index (κ1) is 15.3. The van der Waals surface area contributed by atoms with Gasteiger partial charge in [0.1, 0.15) is 0 Å². The lowest BCUT2D eigenvalue weighted by Crippen LogP contribution is -2.10. The van der Waals surface area contributed by atoms with Crippen LogP contribution in [-0.2, 0) is 10.0 Å². The summed E-state index contributed by atoms with van der Waals surface area (Å²) in [7, 11) is -3.35. The summed E-state index contributed by atoms with van der Waals surface area (Å²) in [4.78, 5) is 12.4. The maximum Gasteiger partial charge on any atom is 0.229 e. The zero-order valence-electron chi connectivity index (χ0n) is 11.1. The Kier molecular flexibility index (Phi) is 4.20. The normalized spacial score (nSPS) is 11.1. The van der Waals surface area contributed by atoms with Gasteiger partial charge in [0.2, 0.25) is 10.0 Å². The van der Waals surface area contributed by atoms with E-state index in [2.05, 4.69) is 4.72 Å². The van der Waals surface area contributed by atoms with Gasteiger partial charge < -0.3 is 5.73 Å². The van der Waals surface area contributed by atoms with E-state index in [1.807, 2.05) is 0 Å². The van der Waals surface area contributed by atoms with Gasteiger partial charge in [-0.25, -0.2) is 8.42 Å².